The number of hydrogen-bond donors (Lipinski definition) is 1. The number of nitrogens with zero attached hydrogens (tertiary/aromatic N) is 2. The minimum Gasteiger partial charge on any atom is -0.327 e. The Kier molecular flexibility index (Phi) is 3.58. The molecule has 0 aliphatic rings. The van der Waals surface area contributed by atoms with Crippen molar-refractivity contribution in [1.82, 2.24) is 4.98 Å². The van der Waals surface area contributed by atoms with Gasteiger partial charge >= 0.3 is 0 Å². The largest absolute Gasteiger partial charge is 0.327 e. The molecule has 1 aromatic carbocycles. The van der Waals surface area contributed by atoms with Crippen LogP contribution in [0.2, 0.25) is 0 Å². The van der Waals surface area contributed by atoms with E-state index in [9.17, 15) is 4.39 Å². The van der Waals surface area contributed by atoms with Crippen LogP contribution in [-0.4, -0.2) is 12.0 Å². The van der Waals surface area contributed by atoms with Crippen LogP contribution in [0.1, 0.15) is 11.3 Å². The van der Waals surface area contributed by atoms with Gasteiger partial charge in [0.1, 0.15) is 11.6 Å². The Morgan fingerprint density at radius 3 is 2.61 bits per heavy atom. The molecule has 1 aromatic heterocycles. The molecule has 0 aliphatic carbocycles. The third-order valence-corrected chi connectivity index (χ3v) is 2.85. The predicted octanol–water partition coefficient (Wildman–Crippen LogP) is 2.76. The Morgan fingerprint density at radius 1 is 1.22 bits per heavy atom. The van der Waals surface area contributed by atoms with E-state index in [1.165, 1.54) is 6.07 Å². The standard InChI is InChI=1S/C14H16FN3/c1-10-7-8-11(9-16)14(17-10)18(2)13-6-4-3-5-12(13)15/h3-8H,9,16H2,1-2H3. The van der Waals surface area contributed by atoms with Crippen molar-refractivity contribution in [3.63, 3.8) is 0 Å². The Hall–Kier alpha value is -1.94. The molecule has 2 rings (SSSR count). The Bertz CT molecular complexity index is 554. The van der Waals surface area contributed by atoms with Crippen molar-refractivity contribution in [2.45, 2.75) is 13.5 Å². The first-order valence-electron chi connectivity index (χ1n) is 5.78. The summed E-state index contributed by atoms with van der Waals surface area (Å²) in [6.07, 6.45) is 0. The first-order chi connectivity index (χ1) is 8.63. The highest BCUT2D eigenvalue weighted by molar-refractivity contribution is 5.62. The molecule has 2 aromatic rings. The fourth-order valence-electron chi connectivity index (χ4n) is 1.86. The number of anilines is 2. The van der Waals surface area contributed by atoms with Crippen molar-refractivity contribution < 1.29 is 4.39 Å². The number of halogens is 1. The van der Waals surface area contributed by atoms with Gasteiger partial charge in [0.25, 0.3) is 0 Å². The third-order valence-electron chi connectivity index (χ3n) is 2.85. The van der Waals surface area contributed by atoms with E-state index in [0.29, 0.717) is 18.1 Å². The number of pyridine rings is 1. The highest BCUT2D eigenvalue weighted by Crippen LogP contribution is 2.27. The Balaban J connectivity index is 2.48. The number of nitrogens with two attached hydrogens (primary N) is 1. The van der Waals surface area contributed by atoms with E-state index in [1.807, 2.05) is 19.1 Å². The van der Waals surface area contributed by atoms with Gasteiger partial charge in [-0.25, -0.2) is 9.37 Å². The quantitative estimate of drug-likeness (QED) is 0.904. The molecule has 3 nitrogen and oxygen atoms in total. The van der Waals surface area contributed by atoms with Gasteiger partial charge in [-0.3, -0.25) is 0 Å². The minimum absolute atomic E-state index is 0.272. The van der Waals surface area contributed by atoms with Gasteiger partial charge in [-0.2, -0.15) is 0 Å². The lowest BCUT2D eigenvalue weighted by Crippen LogP contribution is -2.16. The Morgan fingerprint density at radius 2 is 1.94 bits per heavy atom. The summed E-state index contributed by atoms with van der Waals surface area (Å²) >= 11 is 0. The van der Waals surface area contributed by atoms with E-state index in [-0.39, 0.29) is 5.82 Å². The maximum absolute atomic E-state index is 13.8. The average Bonchev–Trinajstić information content (AvgIpc) is 2.38. The molecule has 0 saturated heterocycles. The number of hydrogen-bond acceptors (Lipinski definition) is 3. The zero-order valence-electron chi connectivity index (χ0n) is 10.5. The van der Waals surface area contributed by atoms with Crippen LogP contribution in [0.15, 0.2) is 36.4 Å². The van der Waals surface area contributed by atoms with Crippen LogP contribution in [-0.2, 0) is 6.54 Å². The van der Waals surface area contributed by atoms with E-state index < -0.39 is 0 Å². The first-order valence-corrected chi connectivity index (χ1v) is 5.78. The lowest BCUT2D eigenvalue weighted by molar-refractivity contribution is 0.627. The van der Waals surface area contributed by atoms with Gasteiger partial charge in [0.05, 0.1) is 5.69 Å². The second-order valence-corrected chi connectivity index (χ2v) is 4.15. The van der Waals surface area contributed by atoms with Crippen LogP contribution in [0.25, 0.3) is 0 Å². The van der Waals surface area contributed by atoms with E-state index >= 15 is 0 Å². The smallest absolute Gasteiger partial charge is 0.146 e. The van der Waals surface area contributed by atoms with E-state index in [4.69, 9.17) is 5.73 Å². The summed E-state index contributed by atoms with van der Waals surface area (Å²) in [4.78, 5) is 6.17. The number of aromatic nitrogens is 1. The molecular formula is C14H16FN3. The van der Waals surface area contributed by atoms with Gasteiger partial charge in [-0.05, 0) is 25.1 Å². The first kappa shape index (κ1) is 12.5. The summed E-state index contributed by atoms with van der Waals surface area (Å²) in [5.41, 5.74) is 7.96. The summed E-state index contributed by atoms with van der Waals surface area (Å²) in [6, 6.07) is 10.5. The molecule has 18 heavy (non-hydrogen) atoms. The number of para-hydroxylation sites is 1. The van der Waals surface area contributed by atoms with E-state index in [0.717, 1.165) is 11.3 Å². The SMILES string of the molecule is Cc1ccc(CN)c(N(C)c2ccccc2F)n1. The van der Waals surface area contributed by atoms with Gasteiger partial charge < -0.3 is 10.6 Å². The van der Waals surface area contributed by atoms with Crippen LogP contribution in [0.5, 0.6) is 0 Å². The van der Waals surface area contributed by atoms with Crippen LogP contribution in [0, 0.1) is 12.7 Å². The molecule has 2 N–H and O–H groups in total. The molecule has 0 bridgehead atoms. The topological polar surface area (TPSA) is 42.1 Å². The normalized spacial score (nSPS) is 10.4. The van der Waals surface area contributed by atoms with Crippen molar-refractivity contribution in [3.05, 3.63) is 53.5 Å². The average molecular weight is 245 g/mol. The molecule has 0 saturated carbocycles. The molecule has 4 heteroatoms. The van der Waals surface area contributed by atoms with Gasteiger partial charge in [-0.1, -0.05) is 18.2 Å². The predicted molar refractivity (Wildman–Crippen MR) is 71.3 cm³/mol. The molecule has 0 atom stereocenters. The summed E-state index contributed by atoms with van der Waals surface area (Å²) in [5, 5.41) is 0. The molecule has 0 unspecified atom stereocenters. The molecular weight excluding hydrogens is 229 g/mol. The van der Waals surface area contributed by atoms with Crippen molar-refractivity contribution >= 4 is 11.5 Å². The summed E-state index contributed by atoms with van der Waals surface area (Å²) < 4.78 is 13.8. The van der Waals surface area contributed by atoms with Crippen molar-refractivity contribution in [3.8, 4) is 0 Å². The van der Waals surface area contributed by atoms with E-state index in [1.54, 1.807) is 30.1 Å². The molecule has 94 valence electrons. The third kappa shape index (κ3) is 2.33. The Labute approximate surface area is 106 Å². The second kappa shape index (κ2) is 5.14. The number of rotatable bonds is 3. The fourth-order valence-corrected chi connectivity index (χ4v) is 1.86. The molecule has 0 amide bonds. The monoisotopic (exact) mass is 245 g/mol. The molecule has 0 aliphatic heterocycles. The maximum Gasteiger partial charge on any atom is 0.146 e. The van der Waals surface area contributed by atoms with Crippen molar-refractivity contribution in [1.29, 1.82) is 0 Å². The summed E-state index contributed by atoms with van der Waals surface area (Å²) in [6.45, 7) is 2.28. The number of benzene rings is 1. The summed E-state index contributed by atoms with van der Waals surface area (Å²) in [7, 11) is 1.79. The minimum atomic E-state index is -0.272. The van der Waals surface area contributed by atoms with Crippen molar-refractivity contribution in [2.24, 2.45) is 5.73 Å². The van der Waals surface area contributed by atoms with Gasteiger partial charge in [-0.15, -0.1) is 0 Å². The lowest BCUT2D eigenvalue weighted by atomic mass is 10.2. The summed E-state index contributed by atoms with van der Waals surface area (Å²) in [5.74, 6) is 0.425. The fraction of sp³-hybridized carbons (Fsp3) is 0.214. The highest BCUT2D eigenvalue weighted by atomic mass is 19.1. The molecule has 0 radical (unpaired) electrons. The molecule has 0 spiro atoms. The zero-order valence-corrected chi connectivity index (χ0v) is 10.5. The van der Waals surface area contributed by atoms with Crippen LogP contribution in [0.4, 0.5) is 15.9 Å². The van der Waals surface area contributed by atoms with E-state index in [2.05, 4.69) is 4.98 Å². The van der Waals surface area contributed by atoms with Gasteiger partial charge in [0.15, 0.2) is 0 Å². The lowest BCUT2D eigenvalue weighted by Gasteiger charge is -2.21. The van der Waals surface area contributed by atoms with Gasteiger partial charge in [0.2, 0.25) is 0 Å². The number of aryl methyl sites for hydroxylation is 1. The second-order valence-electron chi connectivity index (χ2n) is 4.15. The van der Waals surface area contributed by atoms with Crippen LogP contribution < -0.4 is 10.6 Å². The van der Waals surface area contributed by atoms with Crippen LogP contribution in [0.3, 0.4) is 0 Å². The van der Waals surface area contributed by atoms with Gasteiger partial charge in [0, 0.05) is 24.8 Å². The highest BCUT2D eigenvalue weighted by Gasteiger charge is 2.13. The zero-order chi connectivity index (χ0) is 13.1. The molecule has 1 heterocycles. The van der Waals surface area contributed by atoms with Crippen molar-refractivity contribution in [2.75, 3.05) is 11.9 Å². The molecule has 0 fully saturated rings. The maximum atomic E-state index is 13.8. The van der Waals surface area contributed by atoms with Crippen LogP contribution >= 0.6 is 0 Å².